The average Bonchev–Trinajstić information content (AvgIpc) is 2.30. The summed E-state index contributed by atoms with van der Waals surface area (Å²) in [5.74, 6) is -4.83. The van der Waals surface area contributed by atoms with Crippen molar-refractivity contribution in [2.75, 3.05) is 6.54 Å². The molecule has 0 heterocycles. The molecule has 1 unspecified atom stereocenters. The first-order valence-corrected chi connectivity index (χ1v) is 6.78. The van der Waals surface area contributed by atoms with Gasteiger partial charge in [0.1, 0.15) is 6.04 Å². The molecule has 1 rings (SSSR count). The molecule has 0 aliphatic heterocycles. The molecule has 1 N–H and O–H groups in total. The Kier molecular flexibility index (Phi) is 5.36. The summed E-state index contributed by atoms with van der Waals surface area (Å²) in [6.45, 7) is 6.69. The van der Waals surface area contributed by atoms with Crippen molar-refractivity contribution in [1.29, 1.82) is 0 Å². The minimum atomic E-state index is -5.60. The van der Waals surface area contributed by atoms with E-state index in [2.05, 4.69) is 5.32 Å². The van der Waals surface area contributed by atoms with Gasteiger partial charge in [0.15, 0.2) is 0 Å². The van der Waals surface area contributed by atoms with Crippen LogP contribution in [-0.4, -0.2) is 18.6 Å². The number of aryl methyl sites for hydroxylation is 3. The van der Waals surface area contributed by atoms with Crippen molar-refractivity contribution in [3.63, 3.8) is 0 Å². The van der Waals surface area contributed by atoms with Crippen molar-refractivity contribution in [3.8, 4) is 0 Å². The Morgan fingerprint density at radius 2 is 1.48 bits per heavy atom. The molecule has 0 spiro atoms. The van der Waals surface area contributed by atoms with E-state index in [0.29, 0.717) is 17.5 Å². The van der Waals surface area contributed by atoms with Gasteiger partial charge in [0, 0.05) is 0 Å². The van der Waals surface area contributed by atoms with Crippen LogP contribution in [0, 0.1) is 20.8 Å². The summed E-state index contributed by atoms with van der Waals surface area (Å²) in [7, 11) is 0. The normalized spacial score (nSPS) is 14.3. The molecule has 0 saturated carbocycles. The summed E-state index contributed by atoms with van der Waals surface area (Å²) < 4.78 is 66.0. The molecule has 0 saturated heterocycles. The molecule has 1 aromatic carbocycles. The number of nitrogens with one attached hydrogen (secondary N) is 1. The summed E-state index contributed by atoms with van der Waals surface area (Å²) in [5.41, 5.74) is 1.73. The Labute approximate surface area is 121 Å². The lowest BCUT2D eigenvalue weighted by Gasteiger charge is -2.32. The minimum Gasteiger partial charge on any atom is -0.305 e. The van der Waals surface area contributed by atoms with Gasteiger partial charge in [0.05, 0.1) is 0 Å². The largest absolute Gasteiger partial charge is 0.455 e. The van der Waals surface area contributed by atoms with E-state index in [1.54, 1.807) is 39.8 Å². The van der Waals surface area contributed by atoms with E-state index in [1.165, 1.54) is 0 Å². The van der Waals surface area contributed by atoms with Crippen LogP contribution in [0.2, 0.25) is 0 Å². The highest BCUT2D eigenvalue weighted by Gasteiger charge is 2.63. The van der Waals surface area contributed by atoms with Crippen molar-refractivity contribution < 1.29 is 22.0 Å². The van der Waals surface area contributed by atoms with E-state index in [4.69, 9.17) is 0 Å². The van der Waals surface area contributed by atoms with E-state index in [9.17, 15) is 22.0 Å². The second-order valence-corrected chi connectivity index (χ2v) is 5.32. The second kappa shape index (κ2) is 6.30. The van der Waals surface area contributed by atoms with Gasteiger partial charge in [0.25, 0.3) is 0 Å². The maximum atomic E-state index is 13.9. The highest BCUT2D eigenvalue weighted by molar-refractivity contribution is 5.41. The predicted molar refractivity (Wildman–Crippen MR) is 72.7 cm³/mol. The van der Waals surface area contributed by atoms with E-state index < -0.39 is 18.1 Å². The summed E-state index contributed by atoms with van der Waals surface area (Å²) in [6, 6.07) is 1.17. The number of benzene rings is 1. The van der Waals surface area contributed by atoms with E-state index in [1.807, 2.05) is 0 Å². The molecule has 6 heteroatoms. The molecule has 0 fully saturated rings. The smallest absolute Gasteiger partial charge is 0.305 e. The zero-order valence-corrected chi connectivity index (χ0v) is 12.5. The first-order valence-electron chi connectivity index (χ1n) is 6.78. The summed E-state index contributed by atoms with van der Waals surface area (Å²) in [4.78, 5) is 0. The molecule has 1 nitrogen and oxygen atoms in total. The molecule has 21 heavy (non-hydrogen) atoms. The predicted octanol–water partition coefficient (Wildman–Crippen LogP) is 4.85. The first kappa shape index (κ1) is 17.9. The number of rotatable bonds is 5. The van der Waals surface area contributed by atoms with E-state index in [0.717, 1.165) is 5.56 Å². The third kappa shape index (κ3) is 3.73. The molecular weight excluding hydrogens is 289 g/mol. The zero-order chi connectivity index (χ0) is 16.4. The van der Waals surface area contributed by atoms with Crippen molar-refractivity contribution in [3.05, 3.63) is 34.4 Å². The first-order chi connectivity index (χ1) is 9.52. The van der Waals surface area contributed by atoms with Crippen LogP contribution < -0.4 is 5.32 Å². The summed E-state index contributed by atoms with van der Waals surface area (Å²) >= 11 is 0. The molecule has 0 radical (unpaired) electrons. The van der Waals surface area contributed by atoms with Gasteiger partial charge in [-0.15, -0.1) is 0 Å². The summed E-state index contributed by atoms with van der Waals surface area (Å²) in [5, 5.41) is 2.36. The lowest BCUT2D eigenvalue weighted by Crippen LogP contribution is -2.48. The fourth-order valence-electron chi connectivity index (χ4n) is 2.51. The third-order valence-electron chi connectivity index (χ3n) is 3.37. The molecule has 0 aliphatic rings. The molecule has 0 bridgehead atoms. The maximum Gasteiger partial charge on any atom is 0.455 e. The van der Waals surface area contributed by atoms with Crippen LogP contribution in [0.25, 0.3) is 0 Å². The van der Waals surface area contributed by atoms with Gasteiger partial charge in [-0.05, 0) is 50.4 Å². The Morgan fingerprint density at radius 1 is 1.00 bits per heavy atom. The van der Waals surface area contributed by atoms with Crippen LogP contribution >= 0.6 is 0 Å². The number of hydrogen-bond acceptors (Lipinski definition) is 1. The Hall–Kier alpha value is -1.17. The Morgan fingerprint density at radius 3 is 1.86 bits per heavy atom. The SMILES string of the molecule is CCCNC(c1c(C)cc(C)cc1C)C(F)(F)C(F)(F)F. The van der Waals surface area contributed by atoms with Gasteiger partial charge >= 0.3 is 12.1 Å². The quantitative estimate of drug-likeness (QED) is 0.767. The van der Waals surface area contributed by atoms with Crippen LogP contribution in [0.3, 0.4) is 0 Å². The van der Waals surface area contributed by atoms with Crippen LogP contribution in [0.1, 0.15) is 41.6 Å². The zero-order valence-electron chi connectivity index (χ0n) is 12.5. The average molecular weight is 309 g/mol. The van der Waals surface area contributed by atoms with Crippen LogP contribution in [0.15, 0.2) is 12.1 Å². The highest BCUT2D eigenvalue weighted by Crippen LogP contribution is 2.46. The van der Waals surface area contributed by atoms with Gasteiger partial charge in [-0.2, -0.15) is 22.0 Å². The molecule has 1 atom stereocenters. The standard InChI is InChI=1S/C15H20F5N/c1-5-6-21-13(14(16,17)15(18,19)20)12-10(3)7-9(2)8-11(12)4/h7-8,13,21H,5-6H2,1-4H3. The van der Waals surface area contributed by atoms with Crippen molar-refractivity contribution in [2.24, 2.45) is 0 Å². The number of halogens is 5. The summed E-state index contributed by atoms with van der Waals surface area (Å²) in [6.07, 6.45) is -5.13. The lowest BCUT2D eigenvalue weighted by molar-refractivity contribution is -0.294. The van der Waals surface area contributed by atoms with Crippen molar-refractivity contribution in [1.82, 2.24) is 5.32 Å². The number of alkyl halides is 5. The van der Waals surface area contributed by atoms with Crippen LogP contribution in [0.5, 0.6) is 0 Å². The van der Waals surface area contributed by atoms with Crippen molar-refractivity contribution in [2.45, 2.75) is 52.3 Å². The maximum absolute atomic E-state index is 13.9. The fraction of sp³-hybridized carbons (Fsp3) is 0.600. The Bertz CT molecular complexity index is 470. The molecule has 120 valence electrons. The van der Waals surface area contributed by atoms with Gasteiger partial charge in [-0.3, -0.25) is 0 Å². The monoisotopic (exact) mass is 309 g/mol. The van der Waals surface area contributed by atoms with E-state index in [-0.39, 0.29) is 12.1 Å². The van der Waals surface area contributed by atoms with Crippen molar-refractivity contribution >= 4 is 0 Å². The minimum absolute atomic E-state index is 0.0244. The van der Waals surface area contributed by atoms with Gasteiger partial charge in [-0.25, -0.2) is 0 Å². The number of hydrogen-bond donors (Lipinski definition) is 1. The van der Waals surface area contributed by atoms with Gasteiger partial charge in [-0.1, -0.05) is 24.6 Å². The van der Waals surface area contributed by atoms with Crippen LogP contribution in [-0.2, 0) is 0 Å². The Balaban J connectivity index is 3.40. The molecule has 0 amide bonds. The second-order valence-electron chi connectivity index (χ2n) is 5.32. The topological polar surface area (TPSA) is 12.0 Å². The van der Waals surface area contributed by atoms with Crippen LogP contribution in [0.4, 0.5) is 22.0 Å². The highest BCUT2D eigenvalue weighted by atomic mass is 19.4. The molecule has 1 aromatic rings. The lowest BCUT2D eigenvalue weighted by atomic mass is 9.90. The molecule has 0 aromatic heterocycles. The third-order valence-corrected chi connectivity index (χ3v) is 3.37. The molecular formula is C15H20F5N. The molecule has 0 aliphatic carbocycles. The van der Waals surface area contributed by atoms with Gasteiger partial charge in [0.2, 0.25) is 0 Å². The van der Waals surface area contributed by atoms with Gasteiger partial charge < -0.3 is 5.32 Å². The van der Waals surface area contributed by atoms with E-state index >= 15 is 0 Å². The fourth-order valence-corrected chi connectivity index (χ4v) is 2.51.